The van der Waals surface area contributed by atoms with Gasteiger partial charge in [-0.2, -0.15) is 0 Å². The number of rotatable bonds is 7. The van der Waals surface area contributed by atoms with Crippen molar-refractivity contribution in [2.45, 2.75) is 19.3 Å². The fraction of sp³-hybridized carbons (Fsp3) is 0.348. The summed E-state index contributed by atoms with van der Waals surface area (Å²) in [6.07, 6.45) is 0.307. The molecule has 0 unspecified atom stereocenters. The molecule has 0 aliphatic carbocycles. The van der Waals surface area contributed by atoms with Crippen molar-refractivity contribution in [2.24, 2.45) is 0 Å². The third-order valence-electron chi connectivity index (χ3n) is 5.46. The van der Waals surface area contributed by atoms with Gasteiger partial charge in [-0.25, -0.2) is 0 Å². The minimum Gasteiger partial charge on any atom is -0.344 e. The Morgan fingerprint density at radius 2 is 1.52 bits per heavy atom. The standard InChI is InChI=1S/C23H26N4OS/c1-2-26-13-15-27(16-14-26)23-25-24-21(29-23)17-20(28)22(18-9-5-3-6-10-18)19-11-7-4-8-12-19/h3-12,22H,2,13-17H2,1H3. The lowest BCUT2D eigenvalue weighted by Crippen LogP contribution is -2.46. The number of anilines is 1. The quantitative estimate of drug-likeness (QED) is 0.600. The van der Waals surface area contributed by atoms with E-state index < -0.39 is 0 Å². The number of likely N-dealkylation sites (N-methyl/N-ethyl adjacent to an activating group) is 1. The summed E-state index contributed by atoms with van der Waals surface area (Å²) >= 11 is 1.55. The predicted octanol–water partition coefficient (Wildman–Crippen LogP) is 3.62. The van der Waals surface area contributed by atoms with Gasteiger partial charge in [0.05, 0.1) is 12.3 Å². The first kappa shape index (κ1) is 19.7. The van der Waals surface area contributed by atoms with Gasteiger partial charge in [-0.05, 0) is 17.7 Å². The van der Waals surface area contributed by atoms with Crippen LogP contribution in [0.3, 0.4) is 0 Å². The second kappa shape index (κ2) is 9.29. The van der Waals surface area contributed by atoms with Gasteiger partial charge in [0.15, 0.2) is 5.78 Å². The summed E-state index contributed by atoms with van der Waals surface area (Å²) in [5.41, 5.74) is 2.04. The Labute approximate surface area is 176 Å². The molecule has 2 heterocycles. The van der Waals surface area contributed by atoms with Gasteiger partial charge in [-0.3, -0.25) is 4.79 Å². The Bertz CT molecular complexity index is 881. The molecule has 1 aliphatic heterocycles. The molecular weight excluding hydrogens is 380 g/mol. The van der Waals surface area contributed by atoms with E-state index in [1.54, 1.807) is 11.3 Å². The molecule has 0 saturated carbocycles. The molecule has 4 rings (SSSR count). The number of piperazine rings is 1. The van der Waals surface area contributed by atoms with Crippen LogP contribution in [0, 0.1) is 0 Å². The summed E-state index contributed by atoms with van der Waals surface area (Å²) in [6.45, 7) is 7.31. The number of hydrogen-bond donors (Lipinski definition) is 0. The minimum atomic E-state index is -0.280. The van der Waals surface area contributed by atoms with Crippen molar-refractivity contribution < 1.29 is 4.79 Å². The molecule has 29 heavy (non-hydrogen) atoms. The van der Waals surface area contributed by atoms with Gasteiger partial charge in [0.1, 0.15) is 5.01 Å². The van der Waals surface area contributed by atoms with Gasteiger partial charge < -0.3 is 9.80 Å². The minimum absolute atomic E-state index is 0.154. The number of nitrogens with zero attached hydrogens (tertiary/aromatic N) is 4. The monoisotopic (exact) mass is 406 g/mol. The molecule has 0 spiro atoms. The smallest absolute Gasteiger partial charge is 0.208 e. The maximum atomic E-state index is 13.3. The summed E-state index contributed by atoms with van der Waals surface area (Å²) in [4.78, 5) is 18.0. The Morgan fingerprint density at radius 1 is 0.931 bits per heavy atom. The van der Waals surface area contributed by atoms with Crippen molar-refractivity contribution >= 4 is 22.3 Å². The third kappa shape index (κ3) is 4.71. The van der Waals surface area contributed by atoms with Gasteiger partial charge in [-0.15, -0.1) is 10.2 Å². The van der Waals surface area contributed by atoms with Crippen molar-refractivity contribution in [1.29, 1.82) is 0 Å². The zero-order chi connectivity index (χ0) is 20.1. The highest BCUT2D eigenvalue weighted by atomic mass is 32.1. The van der Waals surface area contributed by atoms with Crippen LogP contribution in [0.4, 0.5) is 5.13 Å². The zero-order valence-electron chi connectivity index (χ0n) is 16.7. The van der Waals surface area contributed by atoms with E-state index in [2.05, 4.69) is 26.9 Å². The lowest BCUT2D eigenvalue weighted by Gasteiger charge is -2.33. The highest BCUT2D eigenvalue weighted by Gasteiger charge is 2.25. The number of carbonyl (C=O) groups excluding carboxylic acids is 1. The van der Waals surface area contributed by atoms with Crippen molar-refractivity contribution in [2.75, 3.05) is 37.6 Å². The van der Waals surface area contributed by atoms with E-state index in [-0.39, 0.29) is 11.7 Å². The summed E-state index contributed by atoms with van der Waals surface area (Å²) in [7, 11) is 0. The number of benzene rings is 2. The molecule has 0 N–H and O–H groups in total. The number of hydrogen-bond acceptors (Lipinski definition) is 6. The van der Waals surface area contributed by atoms with Crippen molar-refractivity contribution in [3.05, 3.63) is 76.8 Å². The fourth-order valence-corrected chi connectivity index (χ4v) is 4.71. The zero-order valence-corrected chi connectivity index (χ0v) is 17.5. The Balaban J connectivity index is 1.49. The summed E-state index contributed by atoms with van der Waals surface area (Å²) in [6, 6.07) is 20.0. The largest absolute Gasteiger partial charge is 0.344 e. The Morgan fingerprint density at radius 3 is 2.07 bits per heavy atom. The summed E-state index contributed by atoms with van der Waals surface area (Å²) in [5, 5.41) is 10.4. The van der Waals surface area contributed by atoms with E-state index >= 15 is 0 Å². The molecule has 1 aliphatic rings. The average molecular weight is 407 g/mol. The summed E-state index contributed by atoms with van der Waals surface area (Å²) < 4.78 is 0. The van der Waals surface area contributed by atoms with Crippen LogP contribution >= 0.6 is 11.3 Å². The van der Waals surface area contributed by atoms with Gasteiger partial charge in [0, 0.05) is 26.2 Å². The topological polar surface area (TPSA) is 49.3 Å². The Kier molecular flexibility index (Phi) is 6.32. The number of aromatic nitrogens is 2. The lowest BCUT2D eigenvalue weighted by molar-refractivity contribution is -0.119. The van der Waals surface area contributed by atoms with Gasteiger partial charge in [0.25, 0.3) is 0 Å². The molecule has 150 valence electrons. The van der Waals surface area contributed by atoms with E-state index in [1.165, 1.54) is 0 Å². The van der Waals surface area contributed by atoms with E-state index in [9.17, 15) is 4.79 Å². The maximum Gasteiger partial charge on any atom is 0.208 e. The molecule has 2 aromatic carbocycles. The van der Waals surface area contributed by atoms with Crippen LogP contribution in [0.15, 0.2) is 60.7 Å². The number of ketones is 1. The van der Waals surface area contributed by atoms with Crippen molar-refractivity contribution in [3.63, 3.8) is 0 Å². The van der Waals surface area contributed by atoms with Crippen LogP contribution in [-0.4, -0.2) is 53.6 Å². The molecule has 0 bridgehead atoms. The van der Waals surface area contributed by atoms with E-state index in [0.717, 1.165) is 54.0 Å². The van der Waals surface area contributed by atoms with E-state index in [1.807, 2.05) is 60.7 Å². The first-order valence-corrected chi connectivity index (χ1v) is 11.0. The molecule has 3 aromatic rings. The first-order chi connectivity index (χ1) is 14.2. The second-order valence-corrected chi connectivity index (χ2v) is 8.34. The Hall–Kier alpha value is -2.57. The summed E-state index contributed by atoms with van der Waals surface area (Å²) in [5.74, 6) is -0.126. The lowest BCUT2D eigenvalue weighted by atomic mass is 9.86. The highest BCUT2D eigenvalue weighted by Crippen LogP contribution is 2.29. The molecule has 6 heteroatoms. The van der Waals surface area contributed by atoms with Crippen molar-refractivity contribution in [3.8, 4) is 0 Å². The van der Waals surface area contributed by atoms with Gasteiger partial charge in [-0.1, -0.05) is 78.9 Å². The average Bonchev–Trinajstić information content (AvgIpc) is 3.24. The number of Topliss-reactive ketones (excluding diaryl/α,β-unsaturated/α-hetero) is 1. The van der Waals surface area contributed by atoms with E-state index in [4.69, 9.17) is 0 Å². The van der Waals surface area contributed by atoms with Crippen LogP contribution in [0.2, 0.25) is 0 Å². The van der Waals surface area contributed by atoms with Crippen molar-refractivity contribution in [1.82, 2.24) is 15.1 Å². The van der Waals surface area contributed by atoms with Crippen LogP contribution < -0.4 is 4.90 Å². The predicted molar refractivity (Wildman–Crippen MR) is 118 cm³/mol. The maximum absolute atomic E-state index is 13.3. The first-order valence-electron chi connectivity index (χ1n) is 10.2. The fourth-order valence-electron chi connectivity index (χ4n) is 3.81. The molecule has 1 fully saturated rings. The molecule has 1 saturated heterocycles. The third-order valence-corrected chi connectivity index (χ3v) is 6.44. The van der Waals surface area contributed by atoms with Crippen LogP contribution in [0.1, 0.15) is 29.0 Å². The van der Waals surface area contributed by atoms with Gasteiger partial charge >= 0.3 is 0 Å². The molecule has 5 nitrogen and oxygen atoms in total. The number of carbonyl (C=O) groups is 1. The van der Waals surface area contributed by atoms with Crippen LogP contribution in [-0.2, 0) is 11.2 Å². The SMILES string of the molecule is CCN1CCN(c2nnc(CC(=O)C(c3ccccc3)c3ccccc3)s2)CC1. The van der Waals surface area contributed by atoms with Crippen LogP contribution in [0.5, 0.6) is 0 Å². The normalized spacial score (nSPS) is 15.0. The molecule has 0 amide bonds. The molecule has 0 atom stereocenters. The molecule has 1 aromatic heterocycles. The highest BCUT2D eigenvalue weighted by molar-refractivity contribution is 7.15. The van der Waals surface area contributed by atoms with Gasteiger partial charge in [0.2, 0.25) is 5.13 Å². The molecule has 0 radical (unpaired) electrons. The molecular formula is C23H26N4OS. The second-order valence-electron chi connectivity index (χ2n) is 7.30. The van der Waals surface area contributed by atoms with Crippen LogP contribution in [0.25, 0.3) is 0 Å². The van der Waals surface area contributed by atoms with E-state index in [0.29, 0.717) is 6.42 Å².